The monoisotopic (exact) mass is 420 g/mol. The number of alkyl halides is 3. The SMILES string of the molecule is COc1cc(C)ccc1C(NC(=O)C1CCC(C(F)(F)F)NC1=O)c1ccccc1. The minimum Gasteiger partial charge on any atom is -0.496 e. The van der Waals surface area contributed by atoms with Crippen molar-refractivity contribution in [3.05, 3.63) is 65.2 Å². The average molecular weight is 420 g/mol. The van der Waals surface area contributed by atoms with Crippen molar-refractivity contribution in [1.82, 2.24) is 10.6 Å². The maximum atomic E-state index is 12.9. The predicted molar refractivity (Wildman–Crippen MR) is 105 cm³/mol. The summed E-state index contributed by atoms with van der Waals surface area (Å²) in [6.07, 6.45) is -5.04. The molecule has 3 unspecified atom stereocenters. The summed E-state index contributed by atoms with van der Waals surface area (Å²) in [5.74, 6) is -2.16. The van der Waals surface area contributed by atoms with Crippen LogP contribution in [0.3, 0.4) is 0 Å². The van der Waals surface area contributed by atoms with Gasteiger partial charge >= 0.3 is 6.18 Å². The van der Waals surface area contributed by atoms with E-state index in [-0.39, 0.29) is 12.8 Å². The van der Waals surface area contributed by atoms with Crippen molar-refractivity contribution in [3.63, 3.8) is 0 Å². The second kappa shape index (κ2) is 8.77. The van der Waals surface area contributed by atoms with Crippen LogP contribution in [0.15, 0.2) is 48.5 Å². The Kier molecular flexibility index (Phi) is 6.34. The Hall–Kier alpha value is -3.03. The summed E-state index contributed by atoms with van der Waals surface area (Å²) in [5, 5.41) is 4.76. The minimum absolute atomic E-state index is 0.172. The van der Waals surface area contributed by atoms with Crippen LogP contribution < -0.4 is 15.4 Å². The molecule has 0 spiro atoms. The van der Waals surface area contributed by atoms with Gasteiger partial charge in [0.1, 0.15) is 17.7 Å². The summed E-state index contributed by atoms with van der Waals surface area (Å²) in [7, 11) is 1.52. The molecule has 0 bridgehead atoms. The fraction of sp³-hybridized carbons (Fsp3) is 0.364. The number of ether oxygens (including phenoxy) is 1. The van der Waals surface area contributed by atoms with Gasteiger partial charge in [-0.15, -0.1) is 0 Å². The van der Waals surface area contributed by atoms with Gasteiger partial charge in [-0.05, 0) is 37.0 Å². The van der Waals surface area contributed by atoms with Crippen LogP contribution in [0.25, 0.3) is 0 Å². The third-order valence-electron chi connectivity index (χ3n) is 5.21. The van der Waals surface area contributed by atoms with E-state index in [1.165, 1.54) is 7.11 Å². The molecule has 0 radical (unpaired) electrons. The van der Waals surface area contributed by atoms with Gasteiger partial charge in [-0.1, -0.05) is 42.5 Å². The fourth-order valence-electron chi connectivity index (χ4n) is 3.59. The minimum atomic E-state index is -4.53. The fourth-order valence-corrected chi connectivity index (χ4v) is 3.59. The standard InChI is InChI=1S/C22H23F3N2O3/c1-13-8-9-15(17(12-13)30-2)19(14-6-4-3-5-7-14)27-21(29)16-10-11-18(22(23,24)25)26-20(16)28/h3-9,12,16,18-19H,10-11H2,1-2H3,(H,26,28)(H,27,29). The van der Waals surface area contributed by atoms with E-state index >= 15 is 0 Å². The molecule has 30 heavy (non-hydrogen) atoms. The molecule has 1 aliphatic heterocycles. The van der Waals surface area contributed by atoms with Gasteiger partial charge < -0.3 is 15.4 Å². The maximum Gasteiger partial charge on any atom is 0.408 e. The highest BCUT2D eigenvalue weighted by molar-refractivity contribution is 6.01. The topological polar surface area (TPSA) is 67.4 Å². The lowest BCUT2D eigenvalue weighted by molar-refractivity contribution is -0.171. The van der Waals surface area contributed by atoms with Crippen molar-refractivity contribution in [2.75, 3.05) is 7.11 Å². The molecule has 3 atom stereocenters. The molecule has 1 saturated heterocycles. The molecule has 160 valence electrons. The van der Waals surface area contributed by atoms with Crippen LogP contribution in [-0.4, -0.2) is 31.1 Å². The van der Waals surface area contributed by atoms with E-state index in [0.29, 0.717) is 11.3 Å². The highest BCUT2D eigenvalue weighted by Gasteiger charge is 2.46. The Morgan fingerprint density at radius 1 is 1.17 bits per heavy atom. The van der Waals surface area contributed by atoms with Gasteiger partial charge in [-0.2, -0.15) is 13.2 Å². The molecule has 2 aromatic rings. The van der Waals surface area contributed by atoms with Crippen LogP contribution in [0, 0.1) is 12.8 Å². The lowest BCUT2D eigenvalue weighted by atomic mass is 9.91. The number of carbonyl (C=O) groups excluding carboxylic acids is 2. The second-order valence-corrected chi connectivity index (χ2v) is 7.33. The van der Waals surface area contributed by atoms with E-state index in [1.54, 1.807) is 0 Å². The summed E-state index contributed by atoms with van der Waals surface area (Å²) >= 11 is 0. The zero-order valence-electron chi connectivity index (χ0n) is 16.6. The van der Waals surface area contributed by atoms with Crippen LogP contribution in [0.4, 0.5) is 13.2 Å². The highest BCUT2D eigenvalue weighted by Crippen LogP contribution is 2.33. The van der Waals surface area contributed by atoms with E-state index < -0.39 is 36.0 Å². The van der Waals surface area contributed by atoms with Gasteiger partial charge in [0.25, 0.3) is 0 Å². The van der Waals surface area contributed by atoms with Crippen LogP contribution >= 0.6 is 0 Å². The zero-order valence-corrected chi connectivity index (χ0v) is 16.6. The van der Waals surface area contributed by atoms with E-state index in [0.717, 1.165) is 11.1 Å². The Balaban J connectivity index is 1.86. The Bertz CT molecular complexity index is 916. The van der Waals surface area contributed by atoms with E-state index in [1.807, 2.05) is 60.8 Å². The normalized spacial score (nSPS) is 20.2. The number of carbonyl (C=O) groups is 2. The molecule has 3 rings (SSSR count). The first-order valence-electron chi connectivity index (χ1n) is 9.57. The zero-order chi connectivity index (χ0) is 21.9. The number of aryl methyl sites for hydroxylation is 1. The number of rotatable bonds is 5. The first-order chi connectivity index (χ1) is 14.2. The molecule has 2 aromatic carbocycles. The quantitative estimate of drug-likeness (QED) is 0.726. The molecule has 5 nitrogen and oxygen atoms in total. The molecular weight excluding hydrogens is 397 g/mol. The van der Waals surface area contributed by atoms with Gasteiger partial charge in [-0.3, -0.25) is 9.59 Å². The summed E-state index contributed by atoms with van der Waals surface area (Å²) < 4.78 is 44.1. The van der Waals surface area contributed by atoms with Gasteiger partial charge in [0.05, 0.1) is 13.2 Å². The molecule has 0 aliphatic carbocycles. The van der Waals surface area contributed by atoms with Crippen LogP contribution in [0.2, 0.25) is 0 Å². The van der Waals surface area contributed by atoms with Crippen molar-refractivity contribution in [2.45, 2.75) is 38.0 Å². The highest BCUT2D eigenvalue weighted by atomic mass is 19.4. The molecule has 2 N–H and O–H groups in total. The number of halogens is 3. The van der Waals surface area contributed by atoms with Crippen molar-refractivity contribution in [2.24, 2.45) is 5.92 Å². The van der Waals surface area contributed by atoms with Gasteiger partial charge in [-0.25, -0.2) is 0 Å². The maximum absolute atomic E-state index is 12.9. The van der Waals surface area contributed by atoms with Crippen molar-refractivity contribution in [1.29, 1.82) is 0 Å². The van der Waals surface area contributed by atoms with Crippen LogP contribution in [0.5, 0.6) is 5.75 Å². The molecule has 1 aliphatic rings. The predicted octanol–water partition coefficient (Wildman–Crippen LogP) is 3.67. The molecule has 1 fully saturated rings. The Labute approximate surface area is 172 Å². The molecule has 0 aromatic heterocycles. The molecular formula is C22H23F3N2O3. The van der Waals surface area contributed by atoms with Crippen molar-refractivity contribution >= 4 is 11.8 Å². The average Bonchev–Trinajstić information content (AvgIpc) is 2.72. The third-order valence-corrected chi connectivity index (χ3v) is 5.21. The summed E-state index contributed by atoms with van der Waals surface area (Å²) in [4.78, 5) is 25.1. The number of hydrogen-bond acceptors (Lipinski definition) is 3. The number of piperidine rings is 1. The van der Waals surface area contributed by atoms with Gasteiger partial charge in [0, 0.05) is 5.56 Å². The number of hydrogen-bond donors (Lipinski definition) is 2. The summed E-state index contributed by atoms with van der Waals surface area (Å²) in [6.45, 7) is 1.91. The largest absolute Gasteiger partial charge is 0.496 e. The molecule has 0 saturated carbocycles. The van der Waals surface area contributed by atoms with Crippen LogP contribution in [0.1, 0.15) is 35.6 Å². The van der Waals surface area contributed by atoms with Gasteiger partial charge in [0.15, 0.2) is 0 Å². The lowest BCUT2D eigenvalue weighted by Crippen LogP contribution is -2.54. The molecule has 1 heterocycles. The number of amides is 2. The number of nitrogens with one attached hydrogen (secondary N) is 2. The number of methoxy groups -OCH3 is 1. The lowest BCUT2D eigenvalue weighted by Gasteiger charge is -2.31. The second-order valence-electron chi connectivity index (χ2n) is 7.33. The summed E-state index contributed by atoms with van der Waals surface area (Å²) in [6, 6.07) is 12.1. The van der Waals surface area contributed by atoms with Crippen molar-refractivity contribution < 1.29 is 27.5 Å². The first-order valence-corrected chi connectivity index (χ1v) is 9.57. The molecule has 2 amide bonds. The van der Waals surface area contributed by atoms with Gasteiger partial charge in [0.2, 0.25) is 11.8 Å². The number of benzene rings is 2. The van der Waals surface area contributed by atoms with E-state index in [9.17, 15) is 22.8 Å². The first kappa shape index (κ1) is 21.7. The third kappa shape index (κ3) is 4.75. The molecule has 8 heteroatoms. The van der Waals surface area contributed by atoms with E-state index in [2.05, 4.69) is 5.32 Å². The van der Waals surface area contributed by atoms with Crippen LogP contribution in [-0.2, 0) is 9.59 Å². The summed E-state index contributed by atoms with van der Waals surface area (Å²) in [5.41, 5.74) is 2.42. The van der Waals surface area contributed by atoms with Crippen molar-refractivity contribution in [3.8, 4) is 5.75 Å². The Morgan fingerprint density at radius 2 is 1.87 bits per heavy atom. The Morgan fingerprint density at radius 3 is 2.47 bits per heavy atom. The van der Waals surface area contributed by atoms with E-state index in [4.69, 9.17) is 4.74 Å². The smallest absolute Gasteiger partial charge is 0.408 e.